The summed E-state index contributed by atoms with van der Waals surface area (Å²) in [6, 6.07) is 21.8. The quantitative estimate of drug-likeness (QED) is 0.0347. The van der Waals surface area contributed by atoms with Crippen LogP contribution in [0.3, 0.4) is 0 Å². The van der Waals surface area contributed by atoms with Gasteiger partial charge < -0.3 is 10.2 Å². The van der Waals surface area contributed by atoms with Crippen LogP contribution in [0.5, 0.6) is 11.5 Å². The van der Waals surface area contributed by atoms with Crippen LogP contribution in [0.1, 0.15) is 218 Å². The van der Waals surface area contributed by atoms with E-state index in [1.807, 2.05) is 13.1 Å². The number of allylic oxidation sites excluding steroid dienone is 2. The van der Waals surface area contributed by atoms with Crippen molar-refractivity contribution in [2.45, 2.75) is 207 Å². The molecule has 0 heterocycles. The molecule has 5 heteroatoms. The number of unbranched alkanes of at least 4 members (excludes halogenated alkanes) is 23. The summed E-state index contributed by atoms with van der Waals surface area (Å²) in [6.07, 6.45) is 48.0. The molecule has 0 aliphatic heterocycles. The van der Waals surface area contributed by atoms with Crippen molar-refractivity contribution in [2.75, 3.05) is 0 Å². The maximum atomic E-state index is 10.9. The van der Waals surface area contributed by atoms with E-state index in [4.69, 9.17) is 9.98 Å². The molecule has 0 bridgehead atoms. The second kappa shape index (κ2) is 39.4. The Morgan fingerprint density at radius 3 is 1.38 bits per heavy atom. The van der Waals surface area contributed by atoms with Gasteiger partial charge in [0, 0.05) is 6.21 Å². The van der Waals surface area contributed by atoms with Gasteiger partial charge in [0.2, 0.25) is 0 Å². The van der Waals surface area contributed by atoms with E-state index in [9.17, 15) is 10.2 Å². The molecule has 0 spiro atoms. The molecule has 0 saturated heterocycles. The Hall–Kier alpha value is -3.43. The molecule has 4 nitrogen and oxygen atoms in total. The molecule has 3 aromatic rings. The first kappa shape index (κ1) is 55.6. The van der Waals surface area contributed by atoms with E-state index in [1.54, 1.807) is 12.1 Å². The monoisotopic (exact) mass is 875 g/mol. The van der Waals surface area contributed by atoms with Crippen molar-refractivity contribution in [1.29, 1.82) is 0 Å². The average Bonchev–Trinajstić information content (AvgIpc) is 3.26. The molecule has 0 atom stereocenters. The minimum atomic E-state index is -0.403. The predicted octanol–water partition coefficient (Wildman–Crippen LogP) is 17.2. The summed E-state index contributed by atoms with van der Waals surface area (Å²) in [5.41, 5.74) is 6.11. The van der Waals surface area contributed by atoms with Gasteiger partial charge in [0.1, 0.15) is 0 Å². The van der Waals surface area contributed by atoms with Crippen LogP contribution >= 0.6 is 0 Å². The number of aliphatic imine (C=N–C) groups is 2. The van der Waals surface area contributed by atoms with Crippen molar-refractivity contribution in [3.8, 4) is 11.5 Å². The Morgan fingerprint density at radius 1 is 0.492 bits per heavy atom. The van der Waals surface area contributed by atoms with Crippen molar-refractivity contribution in [1.82, 2.24) is 0 Å². The van der Waals surface area contributed by atoms with Crippen molar-refractivity contribution >= 4 is 35.5 Å². The molecule has 0 amide bonds. The molecule has 0 saturated carbocycles. The fourth-order valence-corrected chi connectivity index (χ4v) is 7.36. The Balaban J connectivity index is 0.00000147. The molecule has 61 heavy (non-hydrogen) atoms. The third kappa shape index (κ3) is 29.5. The maximum absolute atomic E-state index is 10.9. The molecule has 0 radical (unpaired) electrons. The first-order chi connectivity index (χ1) is 29.5. The van der Waals surface area contributed by atoms with E-state index < -0.39 is 5.75 Å². The zero-order valence-electron chi connectivity index (χ0n) is 39.1. The fraction of sp³-hybridized carbons (Fsp3) is 0.571. The zero-order valence-corrected chi connectivity index (χ0v) is 40.1. The summed E-state index contributed by atoms with van der Waals surface area (Å²) in [5.74, 6) is -0.760. The topological polar surface area (TPSA) is 70.8 Å². The SMILES string of the molecule is CCCCCCCCCCCCCC=Cc1cccc(N=CC(CCCC)=Nc2cccc(C=CCCCCCCCCCCCCC)c2)c1.CCc1cccc([O-])c1[O-].[Ni+2]. The molecule has 0 aliphatic carbocycles. The molecule has 0 aromatic heterocycles. The van der Waals surface area contributed by atoms with Crippen LogP contribution in [0.2, 0.25) is 0 Å². The summed E-state index contributed by atoms with van der Waals surface area (Å²) in [7, 11) is 0. The van der Waals surface area contributed by atoms with Gasteiger partial charge in [0.05, 0.1) is 17.1 Å². The Bertz CT molecular complexity index is 1610. The second-order valence-corrected chi connectivity index (χ2v) is 16.7. The van der Waals surface area contributed by atoms with Gasteiger partial charge in [-0.05, 0) is 80.3 Å². The average molecular weight is 876 g/mol. The normalized spacial score (nSPS) is 11.7. The van der Waals surface area contributed by atoms with Gasteiger partial charge in [-0.3, -0.25) is 9.98 Å². The van der Waals surface area contributed by atoms with Crippen LogP contribution in [-0.4, -0.2) is 11.9 Å². The minimum absolute atomic E-state index is 0. The number of benzene rings is 3. The van der Waals surface area contributed by atoms with Crippen LogP contribution in [0.4, 0.5) is 11.4 Å². The largest absolute Gasteiger partial charge is 2.00 e. The Labute approximate surface area is 384 Å². The summed E-state index contributed by atoms with van der Waals surface area (Å²) in [4.78, 5) is 9.91. The van der Waals surface area contributed by atoms with Crippen LogP contribution in [0, 0.1) is 0 Å². The van der Waals surface area contributed by atoms with Crippen LogP contribution in [0.15, 0.2) is 88.9 Å². The molecule has 0 aliphatic rings. The third-order valence-corrected chi connectivity index (χ3v) is 11.2. The summed E-state index contributed by atoms with van der Waals surface area (Å²) >= 11 is 0. The van der Waals surface area contributed by atoms with Gasteiger partial charge in [0.15, 0.2) is 0 Å². The number of aryl methyl sites for hydroxylation is 1. The molecule has 0 fully saturated rings. The van der Waals surface area contributed by atoms with Gasteiger partial charge in [-0.15, -0.1) is 11.5 Å². The van der Waals surface area contributed by atoms with Crippen molar-refractivity contribution in [2.24, 2.45) is 9.98 Å². The first-order valence-electron chi connectivity index (χ1n) is 24.6. The molecule has 340 valence electrons. The first-order valence-corrected chi connectivity index (χ1v) is 24.6. The number of hydrogen-bond acceptors (Lipinski definition) is 4. The Morgan fingerprint density at radius 2 is 0.918 bits per heavy atom. The van der Waals surface area contributed by atoms with Crippen LogP contribution in [0.25, 0.3) is 12.2 Å². The van der Waals surface area contributed by atoms with Gasteiger partial charge in [0.25, 0.3) is 0 Å². The molecular weight excluding hydrogens is 791 g/mol. The van der Waals surface area contributed by atoms with Gasteiger partial charge >= 0.3 is 16.5 Å². The third-order valence-electron chi connectivity index (χ3n) is 11.2. The smallest absolute Gasteiger partial charge is 0.873 e. The van der Waals surface area contributed by atoms with Gasteiger partial charge in [-0.2, -0.15) is 0 Å². The number of nitrogens with zero attached hydrogens (tertiary/aromatic N) is 2. The summed E-state index contributed by atoms with van der Waals surface area (Å²) in [5, 5.41) is 21.6. The molecule has 0 N–H and O–H groups in total. The molecule has 3 rings (SSSR count). The number of hydrogen-bond donors (Lipinski definition) is 0. The van der Waals surface area contributed by atoms with E-state index in [0.29, 0.717) is 12.0 Å². The summed E-state index contributed by atoms with van der Waals surface area (Å²) < 4.78 is 0. The molecule has 3 aromatic carbocycles. The van der Waals surface area contributed by atoms with E-state index >= 15 is 0 Å². The standard InChI is InChI=1S/C48H76N2.C8H10O2.Ni/c1-4-7-10-12-14-16-18-20-22-24-26-28-30-34-44-36-32-39-46(41-44)49-43-48(38-9-6-3)50-47-40-33-37-45(42-47)35-31-29-27-25-23-21-19-17-15-13-11-8-5-2;1-2-6-4-3-5-7(9)8(6)10;/h30-37,39-43H,4-29,38H2,1-3H3;3-5,9-10H,2H2,1H3;/q;;+2/p-2. The van der Waals surface area contributed by atoms with E-state index in [2.05, 4.69) is 93.6 Å². The van der Waals surface area contributed by atoms with Crippen molar-refractivity contribution in [3.63, 3.8) is 0 Å². The van der Waals surface area contributed by atoms with Crippen molar-refractivity contribution < 1.29 is 26.7 Å². The van der Waals surface area contributed by atoms with E-state index in [1.165, 1.54) is 158 Å². The van der Waals surface area contributed by atoms with Crippen molar-refractivity contribution in [3.05, 3.63) is 95.6 Å². The molecule has 0 unspecified atom stereocenters. The zero-order chi connectivity index (χ0) is 43.1. The van der Waals surface area contributed by atoms with Gasteiger partial charge in [-0.1, -0.05) is 235 Å². The van der Waals surface area contributed by atoms with E-state index in [0.717, 1.165) is 49.2 Å². The summed E-state index contributed by atoms with van der Waals surface area (Å²) in [6.45, 7) is 8.68. The number of rotatable bonds is 33. The number of para-hydroxylation sites is 1. The predicted molar refractivity (Wildman–Crippen MR) is 263 cm³/mol. The van der Waals surface area contributed by atoms with Crippen LogP contribution in [-0.2, 0) is 22.9 Å². The van der Waals surface area contributed by atoms with Crippen LogP contribution < -0.4 is 10.2 Å². The second-order valence-electron chi connectivity index (χ2n) is 16.7. The van der Waals surface area contributed by atoms with E-state index in [-0.39, 0.29) is 22.2 Å². The van der Waals surface area contributed by atoms with Gasteiger partial charge in [-0.25, -0.2) is 0 Å². The maximum Gasteiger partial charge on any atom is 2.00 e. The molecular formula is C56H84N2NiO2. The fourth-order valence-electron chi connectivity index (χ4n) is 7.36. The Kier molecular flexibility index (Phi) is 35.9. The minimum Gasteiger partial charge on any atom is -0.873 e.